The summed E-state index contributed by atoms with van der Waals surface area (Å²) in [4.78, 5) is 4.22. The van der Waals surface area contributed by atoms with Crippen molar-refractivity contribution in [3.05, 3.63) is 36.2 Å². The standard InChI is InChI=1S/C12H16N6O.HI/c1-18-10(8-15-17-18)7-14-12(13)16-9-3-5-11(19-2)6-4-9;/h3-6,8H,7H2,1-2H3,(H3,13,14,16);1H. The smallest absolute Gasteiger partial charge is 0.193 e. The molecule has 0 fully saturated rings. The number of nitrogens with zero attached hydrogens (tertiary/aromatic N) is 4. The van der Waals surface area contributed by atoms with Crippen molar-refractivity contribution in [1.82, 2.24) is 15.0 Å². The summed E-state index contributed by atoms with van der Waals surface area (Å²) in [6.07, 6.45) is 1.66. The minimum Gasteiger partial charge on any atom is -0.497 e. The number of methoxy groups -OCH3 is 1. The molecular formula is C12H17IN6O. The van der Waals surface area contributed by atoms with Crippen LogP contribution in [0.1, 0.15) is 5.69 Å². The van der Waals surface area contributed by atoms with Crippen LogP contribution < -0.4 is 15.8 Å². The van der Waals surface area contributed by atoms with Gasteiger partial charge < -0.3 is 15.8 Å². The largest absolute Gasteiger partial charge is 0.497 e. The van der Waals surface area contributed by atoms with Gasteiger partial charge >= 0.3 is 0 Å². The second kappa shape index (κ2) is 7.68. The van der Waals surface area contributed by atoms with Gasteiger partial charge in [-0.05, 0) is 24.3 Å². The molecular weight excluding hydrogens is 371 g/mol. The second-order valence-corrected chi connectivity index (χ2v) is 3.90. The van der Waals surface area contributed by atoms with Crippen LogP contribution in [0.2, 0.25) is 0 Å². The number of nitrogens with one attached hydrogen (secondary N) is 1. The number of ether oxygens (including phenoxy) is 1. The molecule has 20 heavy (non-hydrogen) atoms. The van der Waals surface area contributed by atoms with Crippen molar-refractivity contribution in [3.63, 3.8) is 0 Å². The number of hydrogen-bond donors (Lipinski definition) is 2. The van der Waals surface area contributed by atoms with E-state index in [9.17, 15) is 0 Å². The lowest BCUT2D eigenvalue weighted by Gasteiger charge is -2.06. The van der Waals surface area contributed by atoms with Gasteiger partial charge in [-0.1, -0.05) is 5.21 Å². The molecule has 1 aromatic heterocycles. The van der Waals surface area contributed by atoms with Crippen molar-refractivity contribution in [1.29, 1.82) is 0 Å². The first-order valence-electron chi connectivity index (χ1n) is 5.73. The minimum absolute atomic E-state index is 0. The highest BCUT2D eigenvalue weighted by Gasteiger charge is 1.99. The molecule has 0 bridgehead atoms. The summed E-state index contributed by atoms with van der Waals surface area (Å²) < 4.78 is 6.73. The Bertz CT molecular complexity index is 566. The number of nitrogens with two attached hydrogens (primary N) is 1. The molecule has 3 N–H and O–H groups in total. The van der Waals surface area contributed by atoms with E-state index in [4.69, 9.17) is 10.5 Å². The Morgan fingerprint density at radius 2 is 2.10 bits per heavy atom. The average Bonchev–Trinajstić information content (AvgIpc) is 2.83. The van der Waals surface area contributed by atoms with E-state index in [0.717, 1.165) is 17.1 Å². The first kappa shape index (κ1) is 16.2. The summed E-state index contributed by atoms with van der Waals surface area (Å²) in [5.41, 5.74) is 7.54. The van der Waals surface area contributed by atoms with Gasteiger partial charge in [-0.25, -0.2) is 4.99 Å². The van der Waals surface area contributed by atoms with Crippen LogP contribution in [0.25, 0.3) is 0 Å². The van der Waals surface area contributed by atoms with E-state index >= 15 is 0 Å². The number of guanidine groups is 1. The molecule has 108 valence electrons. The van der Waals surface area contributed by atoms with Crippen LogP contribution >= 0.6 is 24.0 Å². The molecule has 0 saturated carbocycles. The Morgan fingerprint density at radius 1 is 1.40 bits per heavy atom. The second-order valence-electron chi connectivity index (χ2n) is 3.90. The SMILES string of the molecule is COc1ccc(NC(N)=NCc2cnnn2C)cc1.I. The summed E-state index contributed by atoms with van der Waals surface area (Å²) in [5.74, 6) is 1.13. The van der Waals surface area contributed by atoms with Crippen molar-refractivity contribution in [2.45, 2.75) is 6.54 Å². The van der Waals surface area contributed by atoms with E-state index < -0.39 is 0 Å². The summed E-state index contributed by atoms with van der Waals surface area (Å²) in [6, 6.07) is 7.43. The van der Waals surface area contributed by atoms with Crippen molar-refractivity contribution in [3.8, 4) is 5.75 Å². The fraction of sp³-hybridized carbons (Fsp3) is 0.250. The molecule has 0 saturated heterocycles. The highest BCUT2D eigenvalue weighted by molar-refractivity contribution is 14.0. The van der Waals surface area contributed by atoms with Crippen LogP contribution in [-0.4, -0.2) is 28.1 Å². The summed E-state index contributed by atoms with van der Waals surface area (Å²) in [7, 11) is 3.44. The number of aryl methyl sites for hydroxylation is 1. The van der Waals surface area contributed by atoms with Crippen molar-refractivity contribution in [2.75, 3.05) is 12.4 Å². The molecule has 2 aromatic rings. The maximum Gasteiger partial charge on any atom is 0.193 e. The fourth-order valence-corrected chi connectivity index (χ4v) is 1.48. The Morgan fingerprint density at radius 3 is 2.65 bits per heavy atom. The Balaban J connectivity index is 0.00000200. The third kappa shape index (κ3) is 4.37. The third-order valence-electron chi connectivity index (χ3n) is 2.58. The number of aromatic nitrogens is 3. The van der Waals surface area contributed by atoms with Gasteiger partial charge in [-0.3, -0.25) is 4.68 Å². The molecule has 0 aliphatic rings. The Hall–Kier alpha value is -1.84. The summed E-state index contributed by atoms with van der Waals surface area (Å²) in [5, 5.41) is 10.6. The minimum atomic E-state index is 0. The molecule has 0 atom stereocenters. The maximum absolute atomic E-state index is 5.80. The van der Waals surface area contributed by atoms with Gasteiger partial charge in [-0.2, -0.15) is 0 Å². The van der Waals surface area contributed by atoms with Gasteiger partial charge in [0.25, 0.3) is 0 Å². The molecule has 2 rings (SSSR count). The normalized spacial score (nSPS) is 10.8. The molecule has 0 unspecified atom stereocenters. The molecule has 1 heterocycles. The van der Waals surface area contributed by atoms with Crippen LogP contribution in [0.3, 0.4) is 0 Å². The van der Waals surface area contributed by atoms with Crippen LogP contribution in [0, 0.1) is 0 Å². The molecule has 0 amide bonds. The van der Waals surface area contributed by atoms with Gasteiger partial charge in [0.1, 0.15) is 5.75 Å². The van der Waals surface area contributed by atoms with Crippen LogP contribution in [0.4, 0.5) is 5.69 Å². The number of rotatable bonds is 4. The topological polar surface area (TPSA) is 90.3 Å². The van der Waals surface area contributed by atoms with Gasteiger partial charge in [-0.15, -0.1) is 29.1 Å². The first-order valence-corrected chi connectivity index (χ1v) is 5.73. The van der Waals surface area contributed by atoms with E-state index in [-0.39, 0.29) is 24.0 Å². The van der Waals surface area contributed by atoms with Gasteiger partial charge in [0.05, 0.1) is 25.5 Å². The highest BCUT2D eigenvalue weighted by atomic mass is 127. The lowest BCUT2D eigenvalue weighted by Crippen LogP contribution is -2.22. The van der Waals surface area contributed by atoms with Crippen LogP contribution in [0.15, 0.2) is 35.5 Å². The third-order valence-corrected chi connectivity index (χ3v) is 2.58. The van der Waals surface area contributed by atoms with E-state index in [1.807, 2.05) is 31.3 Å². The van der Waals surface area contributed by atoms with E-state index in [2.05, 4.69) is 20.6 Å². The van der Waals surface area contributed by atoms with Crippen molar-refractivity contribution < 1.29 is 4.74 Å². The molecule has 8 heteroatoms. The van der Waals surface area contributed by atoms with Crippen molar-refractivity contribution in [2.24, 2.45) is 17.8 Å². The zero-order valence-corrected chi connectivity index (χ0v) is 13.6. The van der Waals surface area contributed by atoms with Crippen LogP contribution in [-0.2, 0) is 13.6 Å². The average molecular weight is 388 g/mol. The van der Waals surface area contributed by atoms with Crippen molar-refractivity contribution >= 4 is 35.6 Å². The van der Waals surface area contributed by atoms with E-state index in [1.54, 1.807) is 18.0 Å². The highest BCUT2D eigenvalue weighted by Crippen LogP contribution is 2.14. The lowest BCUT2D eigenvalue weighted by molar-refractivity contribution is 0.415. The number of halogens is 1. The first-order chi connectivity index (χ1) is 9.19. The predicted octanol–water partition coefficient (Wildman–Crippen LogP) is 1.37. The molecule has 7 nitrogen and oxygen atoms in total. The number of benzene rings is 1. The van der Waals surface area contributed by atoms with Gasteiger partial charge in [0.2, 0.25) is 0 Å². The van der Waals surface area contributed by atoms with Gasteiger partial charge in [0.15, 0.2) is 5.96 Å². The van der Waals surface area contributed by atoms with E-state index in [0.29, 0.717) is 12.5 Å². The predicted molar refractivity (Wildman–Crippen MR) is 88.4 cm³/mol. The zero-order valence-electron chi connectivity index (χ0n) is 11.3. The van der Waals surface area contributed by atoms with E-state index in [1.165, 1.54) is 0 Å². The number of hydrogen-bond acceptors (Lipinski definition) is 4. The number of anilines is 1. The number of aliphatic imine (C=N–C) groups is 1. The Labute approximate surface area is 134 Å². The molecule has 0 aliphatic heterocycles. The van der Waals surface area contributed by atoms with Gasteiger partial charge in [0, 0.05) is 12.7 Å². The molecule has 0 radical (unpaired) electrons. The molecule has 0 aliphatic carbocycles. The summed E-state index contributed by atoms with van der Waals surface area (Å²) in [6.45, 7) is 0.429. The summed E-state index contributed by atoms with van der Waals surface area (Å²) >= 11 is 0. The monoisotopic (exact) mass is 388 g/mol. The molecule has 0 spiro atoms. The lowest BCUT2D eigenvalue weighted by atomic mass is 10.3. The fourth-order valence-electron chi connectivity index (χ4n) is 1.48. The maximum atomic E-state index is 5.80. The zero-order chi connectivity index (χ0) is 13.7. The van der Waals surface area contributed by atoms with Crippen LogP contribution in [0.5, 0.6) is 5.75 Å². The quantitative estimate of drug-likeness (QED) is 0.469. The molecule has 1 aromatic carbocycles. The Kier molecular flexibility index (Phi) is 6.22.